The van der Waals surface area contributed by atoms with Crippen LogP contribution in [0, 0.1) is 5.92 Å². The van der Waals surface area contributed by atoms with Gasteiger partial charge in [-0.15, -0.1) is 0 Å². The average Bonchev–Trinajstić information content (AvgIpc) is 3.32. The van der Waals surface area contributed by atoms with Crippen LogP contribution in [0.5, 0.6) is 0 Å². The number of carbonyl (C=O) groups excluding carboxylic acids is 3. The molecule has 0 N–H and O–H groups in total. The monoisotopic (exact) mass is 682 g/mol. The molecule has 0 heterocycles. The molecular formula is C42H34O6Ti. The van der Waals surface area contributed by atoms with Crippen molar-refractivity contribution in [3.8, 4) is 0 Å². The second-order valence-electron chi connectivity index (χ2n) is 12.4. The molecule has 7 rings (SSSR count). The van der Waals surface area contributed by atoms with Crippen LogP contribution in [-0.4, -0.2) is 17.9 Å². The van der Waals surface area contributed by atoms with Gasteiger partial charge in [-0.2, -0.15) is 0 Å². The van der Waals surface area contributed by atoms with Crippen molar-refractivity contribution in [1.82, 2.24) is 0 Å². The minimum atomic E-state index is -5.56. The van der Waals surface area contributed by atoms with Crippen molar-refractivity contribution in [2.24, 2.45) is 5.92 Å². The summed E-state index contributed by atoms with van der Waals surface area (Å²) in [4.78, 5) is 43.4. The first-order chi connectivity index (χ1) is 23.7. The first-order valence-electron chi connectivity index (χ1n) is 16.2. The van der Waals surface area contributed by atoms with Gasteiger partial charge in [-0.05, 0) is 0 Å². The van der Waals surface area contributed by atoms with Gasteiger partial charge >= 0.3 is 291 Å². The van der Waals surface area contributed by atoms with E-state index in [9.17, 15) is 14.4 Å². The van der Waals surface area contributed by atoms with E-state index in [0.717, 1.165) is 32.9 Å². The molecule has 0 radical (unpaired) electrons. The predicted molar refractivity (Wildman–Crippen MR) is 188 cm³/mol. The third kappa shape index (κ3) is 5.77. The van der Waals surface area contributed by atoms with Gasteiger partial charge in [0, 0.05) is 0 Å². The summed E-state index contributed by atoms with van der Waals surface area (Å²) in [6.45, 7) is 7.84. The van der Waals surface area contributed by atoms with E-state index in [1.165, 1.54) is 0 Å². The molecule has 1 aliphatic rings. The van der Waals surface area contributed by atoms with E-state index < -0.39 is 35.7 Å². The van der Waals surface area contributed by atoms with Gasteiger partial charge in [0.15, 0.2) is 0 Å². The van der Waals surface area contributed by atoms with Gasteiger partial charge in [0.25, 0.3) is 0 Å². The van der Waals surface area contributed by atoms with Gasteiger partial charge in [0.2, 0.25) is 0 Å². The summed E-state index contributed by atoms with van der Waals surface area (Å²) in [5.41, 5.74) is 3.61. The Hall–Kier alpha value is -5.30. The molecule has 1 unspecified atom stereocenters. The number of fused-ring (bicyclic) bond motifs is 3. The van der Waals surface area contributed by atoms with Crippen LogP contribution in [0.4, 0.5) is 0 Å². The Bertz CT molecular complexity index is 2150. The number of benzene rings is 6. The molecular weight excluding hydrogens is 648 g/mol. The molecule has 0 amide bonds. The zero-order chi connectivity index (χ0) is 34.3. The number of hydrogen-bond donors (Lipinski definition) is 0. The Morgan fingerprint density at radius 2 is 0.796 bits per heavy atom. The van der Waals surface area contributed by atoms with Crippen molar-refractivity contribution in [1.29, 1.82) is 0 Å². The molecule has 242 valence electrons. The maximum absolute atomic E-state index is 14.5. The quantitative estimate of drug-likeness (QED) is 0.156. The molecule has 1 atom stereocenters. The molecule has 0 bridgehead atoms. The zero-order valence-electron chi connectivity index (χ0n) is 27.7. The van der Waals surface area contributed by atoms with Crippen LogP contribution in [0.3, 0.4) is 0 Å². The fourth-order valence-corrected chi connectivity index (χ4v) is 11.4. The van der Waals surface area contributed by atoms with Gasteiger partial charge in [0.05, 0.1) is 0 Å². The van der Waals surface area contributed by atoms with Gasteiger partial charge in [-0.3, -0.25) is 0 Å². The Kier molecular flexibility index (Phi) is 8.53. The first-order valence-corrected chi connectivity index (χ1v) is 18.9. The molecule has 0 saturated heterocycles. The van der Waals surface area contributed by atoms with Crippen molar-refractivity contribution in [3.63, 3.8) is 0 Å². The van der Waals surface area contributed by atoms with Gasteiger partial charge < -0.3 is 0 Å². The molecule has 0 spiro atoms. The van der Waals surface area contributed by atoms with E-state index in [2.05, 4.69) is 0 Å². The summed E-state index contributed by atoms with van der Waals surface area (Å²) < 4.78 is 20.2. The molecule has 0 aromatic heterocycles. The summed E-state index contributed by atoms with van der Waals surface area (Å²) in [5, 5.41) is 4.53. The fraction of sp³-hybridized carbons (Fsp3) is 0.119. The van der Waals surface area contributed by atoms with Crippen LogP contribution in [0.25, 0.3) is 32.3 Å². The minimum absolute atomic E-state index is 0.279. The zero-order valence-corrected chi connectivity index (χ0v) is 29.2. The first kappa shape index (κ1) is 32.3. The van der Waals surface area contributed by atoms with Gasteiger partial charge in [-0.25, -0.2) is 0 Å². The molecule has 1 aliphatic carbocycles. The topological polar surface area (TPSA) is 78.9 Å². The number of carbonyl (C=O) groups is 3. The van der Waals surface area contributed by atoms with Crippen LogP contribution in [0.1, 0.15) is 58.8 Å². The standard InChI is InChI=1S/3C11H8O2.C9H13.Ti/c3*12-11(13)10-7-3-5-8-4-1-2-6-9(8)10;1-6-5-7(2)9(4)8(6)3;/h3*1-7H,(H,12,13);6H,1-4H3;/q;;;;+3/p-3. The van der Waals surface area contributed by atoms with E-state index in [1.807, 2.05) is 119 Å². The molecule has 6 aromatic rings. The molecule has 0 fully saturated rings. The van der Waals surface area contributed by atoms with Crippen molar-refractivity contribution >= 4 is 50.2 Å². The Morgan fingerprint density at radius 1 is 0.469 bits per heavy atom. The van der Waals surface area contributed by atoms with Crippen LogP contribution < -0.4 is 0 Å². The Balaban J connectivity index is 1.43. The van der Waals surface area contributed by atoms with Crippen LogP contribution in [0.2, 0.25) is 0 Å². The maximum atomic E-state index is 14.5. The second-order valence-corrected chi connectivity index (χ2v) is 15.9. The van der Waals surface area contributed by atoms with Gasteiger partial charge in [0.1, 0.15) is 0 Å². The summed E-state index contributed by atoms with van der Waals surface area (Å²) in [6, 6.07) is 38.5. The normalized spacial score (nSPS) is 14.8. The number of allylic oxidation sites excluding steroid dienone is 4. The van der Waals surface area contributed by atoms with Crippen LogP contribution in [0.15, 0.2) is 148 Å². The van der Waals surface area contributed by atoms with Crippen molar-refractivity contribution in [2.45, 2.75) is 27.7 Å². The summed E-state index contributed by atoms with van der Waals surface area (Å²) >= 11 is -5.56. The van der Waals surface area contributed by atoms with Crippen LogP contribution in [-0.2, 0) is 27.7 Å². The summed E-state index contributed by atoms with van der Waals surface area (Å²) in [6.07, 6.45) is 0. The van der Waals surface area contributed by atoms with E-state index in [4.69, 9.17) is 9.96 Å². The number of hydrogen-bond acceptors (Lipinski definition) is 6. The second kappa shape index (κ2) is 13.0. The van der Waals surface area contributed by atoms with E-state index >= 15 is 0 Å². The molecule has 7 heteroatoms. The summed E-state index contributed by atoms with van der Waals surface area (Å²) in [7, 11) is 0. The third-order valence-electron chi connectivity index (χ3n) is 9.68. The van der Waals surface area contributed by atoms with Gasteiger partial charge in [-0.1, -0.05) is 0 Å². The average molecular weight is 683 g/mol. The third-order valence-corrected chi connectivity index (χ3v) is 14.1. The van der Waals surface area contributed by atoms with Crippen LogP contribution >= 0.6 is 0 Å². The molecule has 6 nitrogen and oxygen atoms in total. The Morgan fingerprint density at radius 3 is 1.12 bits per heavy atom. The van der Waals surface area contributed by atoms with Crippen molar-refractivity contribution < 1.29 is 42.1 Å². The summed E-state index contributed by atoms with van der Waals surface area (Å²) in [5.74, 6) is -2.52. The van der Waals surface area contributed by atoms with E-state index in [1.54, 1.807) is 36.4 Å². The molecule has 0 aliphatic heterocycles. The SMILES string of the molecule is CC1=C(C)C(C)[C]([Ti]([O]C(=O)c2cccc3ccccc23)([O]C(=O)c2cccc3ccccc23)[O]C(=O)c2cccc3ccccc23)=C1C. The van der Waals surface area contributed by atoms with Crippen molar-refractivity contribution in [3.05, 3.63) is 165 Å². The Labute approximate surface area is 289 Å². The fourth-order valence-electron chi connectivity index (χ4n) is 6.83. The van der Waals surface area contributed by atoms with E-state index in [0.29, 0.717) is 20.0 Å². The molecule has 0 saturated carbocycles. The molecule has 6 aromatic carbocycles. The predicted octanol–water partition coefficient (Wildman–Crippen LogP) is 10.2. The van der Waals surface area contributed by atoms with Crippen molar-refractivity contribution in [2.75, 3.05) is 0 Å². The molecule has 49 heavy (non-hydrogen) atoms. The van der Waals surface area contributed by atoms with E-state index in [-0.39, 0.29) is 22.6 Å². The number of rotatable bonds is 7.